The molecule has 35 heavy (non-hydrogen) atoms. The number of fused-ring (bicyclic) bond motifs is 1. The molecule has 0 unspecified atom stereocenters. The van der Waals surface area contributed by atoms with Crippen LogP contribution in [0.2, 0.25) is 5.02 Å². The molecule has 4 nitrogen and oxygen atoms in total. The molecule has 5 heteroatoms. The zero-order valence-corrected chi connectivity index (χ0v) is 21.3. The molecule has 0 saturated heterocycles. The third kappa shape index (κ3) is 5.44. The van der Waals surface area contributed by atoms with Gasteiger partial charge in [0.2, 0.25) is 5.91 Å². The van der Waals surface area contributed by atoms with E-state index >= 15 is 0 Å². The molecule has 180 valence electrons. The highest BCUT2D eigenvalue weighted by molar-refractivity contribution is 6.30. The van der Waals surface area contributed by atoms with Crippen molar-refractivity contribution in [3.63, 3.8) is 0 Å². The van der Waals surface area contributed by atoms with Crippen LogP contribution < -0.4 is 10.1 Å². The van der Waals surface area contributed by atoms with Crippen LogP contribution in [-0.4, -0.2) is 13.0 Å². The summed E-state index contributed by atoms with van der Waals surface area (Å²) < 4.78 is 11.7. The molecule has 0 saturated carbocycles. The summed E-state index contributed by atoms with van der Waals surface area (Å²) in [5.74, 6) is 0.505. The molecule has 0 aliphatic rings. The van der Waals surface area contributed by atoms with Crippen LogP contribution in [-0.2, 0) is 11.2 Å². The Morgan fingerprint density at radius 2 is 1.83 bits per heavy atom. The summed E-state index contributed by atoms with van der Waals surface area (Å²) in [6, 6.07) is 17.7. The predicted octanol–water partition coefficient (Wildman–Crippen LogP) is 8.45. The van der Waals surface area contributed by atoms with Crippen molar-refractivity contribution in [3.05, 3.63) is 88.6 Å². The van der Waals surface area contributed by atoms with E-state index < -0.39 is 0 Å². The fourth-order valence-corrected chi connectivity index (χ4v) is 4.44. The van der Waals surface area contributed by atoms with Crippen molar-refractivity contribution >= 4 is 39.7 Å². The minimum atomic E-state index is -0.186. The summed E-state index contributed by atoms with van der Waals surface area (Å²) in [6.45, 7) is 6.06. The number of nitrogens with one attached hydrogen (secondary N) is 1. The molecule has 1 amide bonds. The van der Waals surface area contributed by atoms with Crippen LogP contribution >= 0.6 is 11.6 Å². The fraction of sp³-hybridized carbons (Fsp3) is 0.233. The highest BCUT2D eigenvalue weighted by Crippen LogP contribution is 2.40. The van der Waals surface area contributed by atoms with E-state index in [1.165, 1.54) is 5.56 Å². The fourth-order valence-electron chi connectivity index (χ4n) is 4.31. The van der Waals surface area contributed by atoms with Crippen LogP contribution in [0.3, 0.4) is 0 Å². The molecule has 0 spiro atoms. The lowest BCUT2D eigenvalue weighted by Crippen LogP contribution is -2.08. The van der Waals surface area contributed by atoms with E-state index in [2.05, 4.69) is 24.4 Å². The standard InChI is InChI=1S/C30H30ClNO3/c1-5-6-7-21-8-14-24(15-9-21)32-28(33)16-19(2)25-17-26-27(22-10-12-23(31)13-11-22)18-35-30(26)20(3)29(25)34-4/h8-18H,5-7H2,1-4H3,(H,32,33)/b19-16+. The lowest BCUT2D eigenvalue weighted by Gasteiger charge is -2.13. The second-order valence-corrected chi connectivity index (χ2v) is 9.17. The van der Waals surface area contributed by atoms with E-state index in [9.17, 15) is 4.79 Å². The summed E-state index contributed by atoms with van der Waals surface area (Å²) in [5.41, 5.74) is 7.31. The van der Waals surface area contributed by atoms with Crippen molar-refractivity contribution in [2.24, 2.45) is 0 Å². The molecule has 4 rings (SSSR count). The first-order chi connectivity index (χ1) is 16.9. The van der Waals surface area contributed by atoms with Gasteiger partial charge in [-0.05, 0) is 73.7 Å². The molecule has 0 bridgehead atoms. The number of aryl methyl sites for hydroxylation is 2. The molecule has 1 heterocycles. The Morgan fingerprint density at radius 3 is 2.49 bits per heavy atom. The van der Waals surface area contributed by atoms with Crippen molar-refractivity contribution in [3.8, 4) is 16.9 Å². The average Bonchev–Trinajstić information content (AvgIpc) is 3.28. The second-order valence-electron chi connectivity index (χ2n) is 8.73. The Balaban J connectivity index is 1.65. The predicted molar refractivity (Wildman–Crippen MR) is 145 cm³/mol. The Morgan fingerprint density at radius 1 is 1.11 bits per heavy atom. The number of rotatable bonds is 8. The summed E-state index contributed by atoms with van der Waals surface area (Å²) in [7, 11) is 1.63. The highest BCUT2D eigenvalue weighted by atomic mass is 35.5. The number of benzene rings is 3. The first kappa shape index (κ1) is 24.6. The number of allylic oxidation sites excluding steroid dienone is 1. The van der Waals surface area contributed by atoms with Gasteiger partial charge in [-0.1, -0.05) is 49.2 Å². The largest absolute Gasteiger partial charge is 0.496 e. The second kappa shape index (κ2) is 10.8. The maximum Gasteiger partial charge on any atom is 0.248 e. The van der Waals surface area contributed by atoms with E-state index in [1.807, 2.05) is 56.3 Å². The summed E-state index contributed by atoms with van der Waals surface area (Å²) in [6.07, 6.45) is 6.74. The van der Waals surface area contributed by atoms with Gasteiger partial charge in [-0.15, -0.1) is 0 Å². The van der Waals surface area contributed by atoms with E-state index in [1.54, 1.807) is 19.4 Å². The quantitative estimate of drug-likeness (QED) is 0.253. The number of hydrogen-bond acceptors (Lipinski definition) is 3. The minimum absolute atomic E-state index is 0.186. The van der Waals surface area contributed by atoms with Crippen molar-refractivity contribution in [1.29, 1.82) is 0 Å². The summed E-state index contributed by atoms with van der Waals surface area (Å²) in [5, 5.41) is 4.60. The average molecular weight is 488 g/mol. The smallest absolute Gasteiger partial charge is 0.248 e. The van der Waals surface area contributed by atoms with Gasteiger partial charge >= 0.3 is 0 Å². The van der Waals surface area contributed by atoms with E-state index in [0.29, 0.717) is 10.8 Å². The van der Waals surface area contributed by atoms with E-state index in [4.69, 9.17) is 20.8 Å². The summed E-state index contributed by atoms with van der Waals surface area (Å²) >= 11 is 6.07. The zero-order chi connectivity index (χ0) is 24.9. The van der Waals surface area contributed by atoms with Crippen molar-refractivity contribution in [2.75, 3.05) is 12.4 Å². The van der Waals surface area contributed by atoms with Gasteiger partial charge in [0, 0.05) is 38.9 Å². The van der Waals surface area contributed by atoms with Crippen LogP contribution in [0.4, 0.5) is 5.69 Å². The number of carbonyl (C=O) groups excluding carboxylic acids is 1. The topological polar surface area (TPSA) is 51.5 Å². The van der Waals surface area contributed by atoms with Gasteiger partial charge in [-0.3, -0.25) is 4.79 Å². The molecular weight excluding hydrogens is 458 g/mol. The van der Waals surface area contributed by atoms with Gasteiger partial charge in [-0.25, -0.2) is 0 Å². The molecule has 1 N–H and O–H groups in total. The number of methoxy groups -OCH3 is 1. The Bertz CT molecular complexity index is 1370. The third-order valence-corrected chi connectivity index (χ3v) is 6.47. The molecular formula is C30H30ClNO3. The van der Waals surface area contributed by atoms with Gasteiger partial charge in [0.05, 0.1) is 13.4 Å². The van der Waals surface area contributed by atoms with Crippen LogP contribution in [0, 0.1) is 6.92 Å². The third-order valence-electron chi connectivity index (χ3n) is 6.22. The maximum atomic E-state index is 12.8. The van der Waals surface area contributed by atoms with Gasteiger partial charge < -0.3 is 14.5 Å². The molecule has 0 atom stereocenters. The highest BCUT2D eigenvalue weighted by Gasteiger charge is 2.19. The molecule has 4 aromatic rings. The Hall–Kier alpha value is -3.50. The van der Waals surface area contributed by atoms with Crippen LogP contribution in [0.15, 0.2) is 71.4 Å². The SMILES string of the molecule is CCCCc1ccc(NC(=O)/C=C(\C)c2cc3c(-c4ccc(Cl)cc4)coc3c(C)c2OC)cc1. The van der Waals surface area contributed by atoms with Crippen molar-refractivity contribution in [2.45, 2.75) is 40.0 Å². The molecule has 0 radical (unpaired) electrons. The van der Waals surface area contributed by atoms with Crippen molar-refractivity contribution < 1.29 is 13.9 Å². The molecule has 1 aromatic heterocycles. The molecule has 0 aliphatic heterocycles. The lowest BCUT2D eigenvalue weighted by atomic mass is 9.96. The van der Waals surface area contributed by atoms with E-state index in [-0.39, 0.29) is 5.91 Å². The Kier molecular flexibility index (Phi) is 7.62. The monoisotopic (exact) mass is 487 g/mol. The normalized spacial score (nSPS) is 11.6. The first-order valence-electron chi connectivity index (χ1n) is 11.8. The number of hydrogen-bond donors (Lipinski definition) is 1. The number of anilines is 1. The Labute approximate surface area is 211 Å². The summed E-state index contributed by atoms with van der Waals surface area (Å²) in [4.78, 5) is 12.8. The number of ether oxygens (including phenoxy) is 1. The number of furan rings is 1. The van der Waals surface area contributed by atoms with Gasteiger partial charge in [0.1, 0.15) is 11.3 Å². The maximum absolute atomic E-state index is 12.8. The molecule has 0 fully saturated rings. The minimum Gasteiger partial charge on any atom is -0.496 e. The first-order valence-corrected chi connectivity index (χ1v) is 12.2. The van der Waals surface area contributed by atoms with Crippen LogP contribution in [0.25, 0.3) is 27.7 Å². The van der Waals surface area contributed by atoms with Gasteiger partial charge in [-0.2, -0.15) is 0 Å². The number of halogens is 1. The van der Waals surface area contributed by atoms with Crippen molar-refractivity contribution in [1.82, 2.24) is 0 Å². The molecule has 0 aliphatic carbocycles. The lowest BCUT2D eigenvalue weighted by molar-refractivity contribution is -0.111. The van der Waals surface area contributed by atoms with Gasteiger partial charge in [0.25, 0.3) is 0 Å². The molecule has 3 aromatic carbocycles. The van der Waals surface area contributed by atoms with E-state index in [0.717, 1.165) is 63.7 Å². The van der Waals surface area contributed by atoms with Crippen LogP contribution in [0.1, 0.15) is 43.4 Å². The zero-order valence-electron chi connectivity index (χ0n) is 20.6. The van der Waals surface area contributed by atoms with Crippen LogP contribution in [0.5, 0.6) is 5.75 Å². The number of amides is 1. The van der Waals surface area contributed by atoms with Gasteiger partial charge in [0.15, 0.2) is 0 Å². The number of unbranched alkanes of at least 4 members (excludes halogenated alkanes) is 1. The number of carbonyl (C=O) groups is 1.